The highest BCUT2D eigenvalue weighted by Gasteiger charge is 2.08. The van der Waals surface area contributed by atoms with E-state index in [1.54, 1.807) is 24.5 Å². The normalized spacial score (nSPS) is 11.5. The Morgan fingerprint density at radius 2 is 2.40 bits per heavy atom. The largest absolute Gasteiger partial charge is 0.294 e. The number of nitrogens with zero attached hydrogens (tertiary/aromatic N) is 2. The first kappa shape index (κ1) is 11.9. The van der Waals surface area contributed by atoms with Crippen molar-refractivity contribution in [3.05, 3.63) is 30.1 Å². The number of ketones is 1. The van der Waals surface area contributed by atoms with Crippen molar-refractivity contribution >= 4 is 22.6 Å². The second-order valence-corrected chi connectivity index (χ2v) is 3.79. The van der Waals surface area contributed by atoms with Crippen LogP contribution in [0.2, 0.25) is 0 Å². The first-order valence-electron chi connectivity index (χ1n) is 4.78. The molecule has 0 aliphatic rings. The number of rotatable bonds is 4. The number of carbonyl (C=O) groups is 1. The molecule has 0 spiro atoms. The average molecular weight is 222 g/mol. The third-order valence-corrected chi connectivity index (χ3v) is 2.61. The van der Waals surface area contributed by atoms with E-state index in [2.05, 4.69) is 9.98 Å². The Kier molecular flexibility index (Phi) is 5.04. The molecule has 4 heteroatoms. The number of aromatic nitrogens is 1. The highest BCUT2D eigenvalue weighted by molar-refractivity contribution is 8.13. The molecule has 80 valence electrons. The van der Waals surface area contributed by atoms with Crippen LogP contribution >= 0.6 is 11.8 Å². The minimum atomic E-state index is 0.0738. The number of pyridine rings is 1. The van der Waals surface area contributed by atoms with Crippen molar-refractivity contribution < 1.29 is 4.79 Å². The molecule has 0 aliphatic carbocycles. The van der Waals surface area contributed by atoms with E-state index in [9.17, 15) is 4.79 Å². The van der Waals surface area contributed by atoms with Gasteiger partial charge in [-0.3, -0.25) is 14.8 Å². The molecule has 0 aliphatic heterocycles. The van der Waals surface area contributed by atoms with Crippen LogP contribution in [0.25, 0.3) is 0 Å². The number of hydrogen-bond acceptors (Lipinski definition) is 4. The van der Waals surface area contributed by atoms with E-state index in [1.807, 2.05) is 13.2 Å². The Bertz CT molecular complexity index is 349. The second kappa shape index (κ2) is 6.35. The lowest BCUT2D eigenvalue weighted by molar-refractivity contribution is 0.100. The Labute approximate surface area is 94.0 Å². The fourth-order valence-electron chi connectivity index (χ4n) is 1.14. The van der Waals surface area contributed by atoms with Gasteiger partial charge in [0.25, 0.3) is 0 Å². The van der Waals surface area contributed by atoms with Crippen LogP contribution in [0.5, 0.6) is 0 Å². The van der Waals surface area contributed by atoms with Gasteiger partial charge in [0.1, 0.15) is 0 Å². The number of Topliss-reactive ketones (excluding diaryl/α,β-unsaturated/α-hetero) is 1. The predicted octanol–water partition coefficient (Wildman–Crippen LogP) is 2.44. The summed E-state index contributed by atoms with van der Waals surface area (Å²) in [5, 5.41) is 0.881. The van der Waals surface area contributed by atoms with Gasteiger partial charge in [-0.25, -0.2) is 0 Å². The van der Waals surface area contributed by atoms with Gasteiger partial charge in [0, 0.05) is 24.5 Å². The third kappa shape index (κ3) is 3.83. The van der Waals surface area contributed by atoms with Gasteiger partial charge >= 0.3 is 0 Å². The van der Waals surface area contributed by atoms with Crippen molar-refractivity contribution in [3.8, 4) is 0 Å². The molecule has 0 bridgehead atoms. The van der Waals surface area contributed by atoms with Crippen LogP contribution in [-0.4, -0.2) is 28.6 Å². The molecule has 0 unspecified atom stereocenters. The zero-order chi connectivity index (χ0) is 11.1. The number of thioether (sulfide) groups is 1. The van der Waals surface area contributed by atoms with Crippen LogP contribution < -0.4 is 0 Å². The molecule has 15 heavy (non-hydrogen) atoms. The second-order valence-electron chi connectivity index (χ2n) is 2.91. The maximum absolute atomic E-state index is 11.8. The molecule has 0 aromatic carbocycles. The highest BCUT2D eigenvalue weighted by Crippen LogP contribution is 2.08. The number of aliphatic imine (C=N–C) groups is 1. The van der Waals surface area contributed by atoms with Crippen molar-refractivity contribution in [2.24, 2.45) is 4.99 Å². The van der Waals surface area contributed by atoms with Gasteiger partial charge in [-0.1, -0.05) is 0 Å². The van der Waals surface area contributed by atoms with Crippen LogP contribution in [0.3, 0.4) is 0 Å². The molecule has 0 N–H and O–H groups in total. The molecular formula is C11H14N2OS. The molecular weight excluding hydrogens is 208 g/mol. The van der Waals surface area contributed by atoms with E-state index in [0.29, 0.717) is 12.0 Å². The molecule has 0 saturated carbocycles. The summed E-state index contributed by atoms with van der Waals surface area (Å²) in [6.07, 6.45) is 5.56. The average Bonchev–Trinajstić information content (AvgIpc) is 2.29. The molecule has 1 aromatic heterocycles. The topological polar surface area (TPSA) is 42.3 Å². The SMILES string of the molecule is CCN=C(CC(=O)c1cccnc1)SC. The fraction of sp³-hybridized carbons (Fsp3) is 0.364. The van der Waals surface area contributed by atoms with Gasteiger partial charge in [0.05, 0.1) is 11.5 Å². The smallest absolute Gasteiger partial charge is 0.170 e. The van der Waals surface area contributed by atoms with Gasteiger partial charge in [0.2, 0.25) is 0 Å². The standard InChI is InChI=1S/C11H14N2OS/c1-3-13-11(15-2)7-10(14)9-5-4-6-12-8-9/h4-6,8H,3,7H2,1-2H3. The lowest BCUT2D eigenvalue weighted by Gasteiger charge is -2.01. The van der Waals surface area contributed by atoms with E-state index >= 15 is 0 Å². The Morgan fingerprint density at radius 3 is 2.93 bits per heavy atom. The first-order valence-corrected chi connectivity index (χ1v) is 6.01. The van der Waals surface area contributed by atoms with Crippen molar-refractivity contribution in [2.75, 3.05) is 12.8 Å². The summed E-state index contributed by atoms with van der Waals surface area (Å²) in [6.45, 7) is 2.68. The van der Waals surface area contributed by atoms with Crippen molar-refractivity contribution in [2.45, 2.75) is 13.3 Å². The summed E-state index contributed by atoms with van der Waals surface area (Å²) in [6, 6.07) is 3.54. The number of hydrogen-bond donors (Lipinski definition) is 0. The summed E-state index contributed by atoms with van der Waals surface area (Å²) in [5.41, 5.74) is 0.648. The summed E-state index contributed by atoms with van der Waals surface area (Å²) >= 11 is 1.53. The maximum Gasteiger partial charge on any atom is 0.170 e. The van der Waals surface area contributed by atoms with Gasteiger partial charge in [-0.05, 0) is 25.3 Å². The van der Waals surface area contributed by atoms with E-state index in [0.717, 1.165) is 11.6 Å². The highest BCUT2D eigenvalue weighted by atomic mass is 32.2. The lowest BCUT2D eigenvalue weighted by atomic mass is 10.1. The molecule has 1 heterocycles. The molecule has 1 aromatic rings. The summed E-state index contributed by atoms with van der Waals surface area (Å²) in [7, 11) is 0. The van der Waals surface area contributed by atoms with Crippen molar-refractivity contribution in [1.29, 1.82) is 0 Å². The monoisotopic (exact) mass is 222 g/mol. The minimum absolute atomic E-state index is 0.0738. The van der Waals surface area contributed by atoms with Crippen LogP contribution in [0, 0.1) is 0 Å². The molecule has 3 nitrogen and oxygen atoms in total. The van der Waals surface area contributed by atoms with E-state index in [-0.39, 0.29) is 5.78 Å². The number of carbonyl (C=O) groups excluding carboxylic acids is 1. The van der Waals surface area contributed by atoms with E-state index < -0.39 is 0 Å². The van der Waals surface area contributed by atoms with Gasteiger partial charge in [-0.15, -0.1) is 11.8 Å². The summed E-state index contributed by atoms with van der Waals surface area (Å²) in [4.78, 5) is 19.9. The van der Waals surface area contributed by atoms with E-state index in [1.165, 1.54) is 11.8 Å². The molecule has 0 radical (unpaired) electrons. The molecule has 0 amide bonds. The minimum Gasteiger partial charge on any atom is -0.294 e. The zero-order valence-corrected chi connectivity index (χ0v) is 9.75. The van der Waals surface area contributed by atoms with Gasteiger partial charge < -0.3 is 0 Å². The van der Waals surface area contributed by atoms with Crippen LogP contribution in [-0.2, 0) is 0 Å². The molecule has 0 fully saturated rings. The Hall–Kier alpha value is -1.16. The quantitative estimate of drug-likeness (QED) is 0.446. The van der Waals surface area contributed by atoms with E-state index in [4.69, 9.17) is 0 Å². The Balaban J connectivity index is 2.67. The fourth-order valence-corrected chi connectivity index (χ4v) is 1.67. The predicted molar refractivity (Wildman–Crippen MR) is 64.7 cm³/mol. The zero-order valence-electron chi connectivity index (χ0n) is 8.93. The molecule has 1 rings (SSSR count). The Morgan fingerprint density at radius 1 is 1.60 bits per heavy atom. The van der Waals surface area contributed by atoms with Gasteiger partial charge in [0.15, 0.2) is 5.78 Å². The lowest BCUT2D eigenvalue weighted by Crippen LogP contribution is -2.06. The summed E-state index contributed by atoms with van der Waals surface area (Å²) < 4.78 is 0. The van der Waals surface area contributed by atoms with Gasteiger partial charge in [-0.2, -0.15) is 0 Å². The molecule has 0 atom stereocenters. The first-order chi connectivity index (χ1) is 7.27. The van der Waals surface area contributed by atoms with Crippen LogP contribution in [0.4, 0.5) is 0 Å². The van der Waals surface area contributed by atoms with Crippen molar-refractivity contribution in [1.82, 2.24) is 4.98 Å². The molecule has 0 saturated heterocycles. The third-order valence-electron chi connectivity index (χ3n) is 1.87. The van der Waals surface area contributed by atoms with Crippen LogP contribution in [0.15, 0.2) is 29.5 Å². The van der Waals surface area contributed by atoms with Crippen molar-refractivity contribution in [3.63, 3.8) is 0 Å². The maximum atomic E-state index is 11.8. The van der Waals surface area contributed by atoms with Crippen LogP contribution in [0.1, 0.15) is 23.7 Å². The summed E-state index contributed by atoms with van der Waals surface area (Å²) in [5.74, 6) is 0.0738.